The van der Waals surface area contributed by atoms with Crippen LogP contribution in [-0.2, 0) is 39.7 Å². The van der Waals surface area contributed by atoms with Crippen LogP contribution in [0.4, 0.5) is 0 Å². The normalized spacial score (nSPS) is 29.1. The predicted octanol–water partition coefficient (Wildman–Crippen LogP) is 1.11. The van der Waals surface area contributed by atoms with Crippen LogP contribution < -0.4 is 10.4 Å². The summed E-state index contributed by atoms with van der Waals surface area (Å²) in [6.07, 6.45) is -4.42. The summed E-state index contributed by atoms with van der Waals surface area (Å²) < 4.78 is 30.2. The van der Waals surface area contributed by atoms with Gasteiger partial charge < -0.3 is 38.9 Å². The fourth-order valence-electron chi connectivity index (χ4n) is 4.27. The van der Waals surface area contributed by atoms with Crippen molar-refractivity contribution in [3.05, 3.63) is 71.8 Å². The number of aliphatic carboxylic acids is 1. The summed E-state index contributed by atoms with van der Waals surface area (Å²) in [6, 6.07) is 18.4. The van der Waals surface area contributed by atoms with Crippen LogP contribution in [0.3, 0.4) is 0 Å². The van der Waals surface area contributed by atoms with Crippen molar-refractivity contribution in [2.45, 2.75) is 63.3 Å². The van der Waals surface area contributed by atoms with Crippen LogP contribution in [-0.4, -0.2) is 61.8 Å². The number of carboxylic acid groups (broad SMARTS) is 1. The summed E-state index contributed by atoms with van der Waals surface area (Å²) in [5.74, 6) is -1.71. The molecule has 188 valence electrons. The van der Waals surface area contributed by atoms with Crippen molar-refractivity contribution in [1.29, 1.82) is 0 Å². The maximum atomic E-state index is 12.1. The topological polar surface area (TPSA) is 115 Å². The molecule has 2 aliphatic heterocycles. The number of nitrogens with one attached hydrogen (secondary N) is 1. The Bertz CT molecular complexity index is 972. The Morgan fingerprint density at radius 1 is 1.09 bits per heavy atom. The molecule has 0 unspecified atom stereocenters. The minimum Gasteiger partial charge on any atom is -0.547 e. The number of benzene rings is 2. The van der Waals surface area contributed by atoms with Crippen molar-refractivity contribution in [1.82, 2.24) is 5.32 Å². The molecule has 4 rings (SSSR count). The fourth-order valence-corrected chi connectivity index (χ4v) is 4.27. The highest BCUT2D eigenvalue weighted by atomic mass is 16.8. The average molecular weight is 485 g/mol. The van der Waals surface area contributed by atoms with Crippen LogP contribution >= 0.6 is 0 Å². The van der Waals surface area contributed by atoms with Crippen molar-refractivity contribution in [2.24, 2.45) is 0 Å². The number of ether oxygens (including phenoxy) is 5. The Hall–Kier alpha value is -2.82. The summed E-state index contributed by atoms with van der Waals surface area (Å²) >= 11 is 0. The number of carboxylic acids is 1. The molecule has 9 heteroatoms. The Morgan fingerprint density at radius 3 is 2.43 bits per heavy atom. The molecule has 0 radical (unpaired) electrons. The monoisotopic (exact) mass is 484 g/mol. The lowest BCUT2D eigenvalue weighted by Gasteiger charge is -2.49. The van der Waals surface area contributed by atoms with Gasteiger partial charge in [0.15, 0.2) is 12.6 Å². The fraction of sp³-hybridized carbons (Fsp3) is 0.462. The van der Waals surface area contributed by atoms with Crippen molar-refractivity contribution in [3.8, 4) is 0 Å². The quantitative estimate of drug-likeness (QED) is 0.563. The lowest BCUT2D eigenvalue weighted by atomic mass is 9.95. The van der Waals surface area contributed by atoms with Crippen LogP contribution in [0, 0.1) is 0 Å². The smallest absolute Gasteiger partial charge is 0.217 e. The van der Waals surface area contributed by atoms with E-state index in [0.29, 0.717) is 13.0 Å². The summed E-state index contributed by atoms with van der Waals surface area (Å²) in [6.45, 7) is 3.24. The highest BCUT2D eigenvalue weighted by molar-refractivity contribution is 5.73. The summed E-state index contributed by atoms with van der Waals surface area (Å²) in [7, 11) is 0. The summed E-state index contributed by atoms with van der Waals surface area (Å²) in [5.41, 5.74) is 1.89. The third-order valence-electron chi connectivity index (χ3n) is 5.99. The van der Waals surface area contributed by atoms with Gasteiger partial charge >= 0.3 is 0 Å². The molecular formula is C26H30NO8-. The van der Waals surface area contributed by atoms with E-state index in [4.69, 9.17) is 23.7 Å². The first-order valence-corrected chi connectivity index (χ1v) is 11.7. The summed E-state index contributed by atoms with van der Waals surface area (Å²) in [5, 5.41) is 14.3. The van der Waals surface area contributed by atoms with E-state index in [-0.39, 0.29) is 12.5 Å². The van der Waals surface area contributed by atoms with Gasteiger partial charge in [-0.3, -0.25) is 4.79 Å². The summed E-state index contributed by atoms with van der Waals surface area (Å²) in [4.78, 5) is 23.6. The molecule has 35 heavy (non-hydrogen) atoms. The first kappa shape index (κ1) is 25.3. The second-order valence-corrected chi connectivity index (χ2v) is 8.61. The SMILES string of the molecule is CC(=O)N[C@@H]1[C@H](OCCc2ccccc2)O[C@H]2CO[C@@H](c3ccccc3)O[C@@H]2[C@@H]1O[C@@H](C)C(=O)[O-]. The van der Waals surface area contributed by atoms with Gasteiger partial charge in [-0.1, -0.05) is 60.7 Å². The van der Waals surface area contributed by atoms with Crippen LogP contribution in [0.25, 0.3) is 0 Å². The third-order valence-corrected chi connectivity index (χ3v) is 5.99. The zero-order valence-electron chi connectivity index (χ0n) is 19.7. The van der Waals surface area contributed by atoms with Gasteiger partial charge in [0.2, 0.25) is 5.91 Å². The molecule has 2 aliphatic rings. The number of carbonyl (C=O) groups is 2. The predicted molar refractivity (Wildman–Crippen MR) is 122 cm³/mol. The lowest BCUT2D eigenvalue weighted by molar-refractivity contribution is -0.357. The highest BCUT2D eigenvalue weighted by Gasteiger charge is 2.52. The second-order valence-electron chi connectivity index (χ2n) is 8.61. The standard InChI is InChI=1S/C26H31NO8/c1-16(24(29)30)33-23-21(27-17(2)28)26(31-14-13-18-9-5-3-6-10-18)34-20-15-32-25(35-22(20)23)19-11-7-4-8-12-19/h3-12,16,20-23,25-26H,13-15H2,1-2H3,(H,27,28)(H,29,30)/p-1/t16-,20-,21-,22-,23+,25+,26+/m0/s1. The molecule has 2 saturated heterocycles. The first-order chi connectivity index (χ1) is 16.9. The van der Waals surface area contributed by atoms with Crippen molar-refractivity contribution < 1.29 is 38.4 Å². The van der Waals surface area contributed by atoms with Gasteiger partial charge in [0, 0.05) is 12.5 Å². The molecule has 9 nitrogen and oxygen atoms in total. The second kappa shape index (κ2) is 11.7. The minimum atomic E-state index is -1.37. The molecule has 0 aliphatic carbocycles. The molecule has 0 aromatic heterocycles. The lowest BCUT2D eigenvalue weighted by Crippen LogP contribution is -2.68. The average Bonchev–Trinajstić information content (AvgIpc) is 2.86. The molecule has 2 fully saturated rings. The highest BCUT2D eigenvalue weighted by Crippen LogP contribution is 2.36. The molecule has 1 amide bonds. The van der Waals surface area contributed by atoms with Crippen molar-refractivity contribution in [2.75, 3.05) is 13.2 Å². The minimum absolute atomic E-state index is 0.176. The van der Waals surface area contributed by atoms with Gasteiger partial charge in [0.05, 0.1) is 25.3 Å². The van der Waals surface area contributed by atoms with E-state index in [9.17, 15) is 14.7 Å². The number of hydrogen-bond acceptors (Lipinski definition) is 8. The molecular weight excluding hydrogens is 454 g/mol. The van der Waals surface area contributed by atoms with Crippen LogP contribution in [0.5, 0.6) is 0 Å². The van der Waals surface area contributed by atoms with Gasteiger partial charge in [-0.05, 0) is 18.9 Å². The Balaban J connectivity index is 1.55. The Kier molecular flexibility index (Phi) is 8.48. The van der Waals surface area contributed by atoms with Gasteiger partial charge in [0.1, 0.15) is 24.4 Å². The van der Waals surface area contributed by atoms with Crippen molar-refractivity contribution in [3.63, 3.8) is 0 Å². The Labute approximate surface area is 204 Å². The Morgan fingerprint density at radius 2 is 1.77 bits per heavy atom. The molecule has 0 saturated carbocycles. The molecule has 0 bridgehead atoms. The molecule has 0 spiro atoms. The van der Waals surface area contributed by atoms with Gasteiger partial charge in [-0.15, -0.1) is 0 Å². The molecule has 2 aromatic rings. The zero-order valence-corrected chi connectivity index (χ0v) is 19.7. The number of amides is 1. The molecule has 2 heterocycles. The number of rotatable bonds is 9. The van der Waals surface area contributed by atoms with Gasteiger partial charge in [-0.2, -0.15) is 0 Å². The van der Waals surface area contributed by atoms with Crippen LogP contribution in [0.1, 0.15) is 31.3 Å². The maximum absolute atomic E-state index is 12.1. The third kappa shape index (κ3) is 6.45. The largest absolute Gasteiger partial charge is 0.547 e. The zero-order chi connectivity index (χ0) is 24.8. The number of carbonyl (C=O) groups excluding carboxylic acids is 2. The molecule has 2 aromatic carbocycles. The van der Waals surface area contributed by atoms with E-state index in [2.05, 4.69) is 5.32 Å². The van der Waals surface area contributed by atoms with E-state index in [1.165, 1.54) is 13.8 Å². The van der Waals surface area contributed by atoms with Crippen molar-refractivity contribution >= 4 is 11.9 Å². The van der Waals surface area contributed by atoms with E-state index < -0.39 is 49.0 Å². The van der Waals surface area contributed by atoms with Crippen LogP contribution in [0.2, 0.25) is 0 Å². The maximum Gasteiger partial charge on any atom is 0.217 e. The van der Waals surface area contributed by atoms with Gasteiger partial charge in [0.25, 0.3) is 0 Å². The van der Waals surface area contributed by atoms with Crippen LogP contribution in [0.15, 0.2) is 60.7 Å². The molecule has 1 N–H and O–H groups in total. The van der Waals surface area contributed by atoms with E-state index in [1.54, 1.807) is 0 Å². The number of hydrogen-bond donors (Lipinski definition) is 1. The molecule has 7 atom stereocenters. The van der Waals surface area contributed by atoms with Gasteiger partial charge in [-0.25, -0.2) is 0 Å². The first-order valence-electron chi connectivity index (χ1n) is 11.7. The van der Waals surface area contributed by atoms with E-state index in [1.807, 2.05) is 60.7 Å². The number of fused-ring (bicyclic) bond motifs is 1. The van der Waals surface area contributed by atoms with E-state index >= 15 is 0 Å². The van der Waals surface area contributed by atoms with E-state index in [0.717, 1.165) is 11.1 Å².